The van der Waals surface area contributed by atoms with Crippen LogP contribution in [0.2, 0.25) is 0 Å². The molecule has 0 aliphatic rings. The number of nitrogens with one attached hydrogen (secondary N) is 1. The number of benzene rings is 1. The van der Waals surface area contributed by atoms with E-state index < -0.39 is 0 Å². The average molecular weight is 405 g/mol. The van der Waals surface area contributed by atoms with Crippen molar-refractivity contribution in [1.82, 2.24) is 9.97 Å². The molecule has 2 rings (SSSR count). The number of halogens is 2. The van der Waals surface area contributed by atoms with Gasteiger partial charge in [-0.2, -0.15) is 0 Å². The predicted octanol–water partition coefficient (Wildman–Crippen LogP) is 3.37. The first kappa shape index (κ1) is 12.8. The number of aromatic amines is 1. The molecule has 17 heavy (non-hydrogen) atoms. The van der Waals surface area contributed by atoms with E-state index in [1.807, 2.05) is 53.8 Å². The molecule has 0 bridgehead atoms. The van der Waals surface area contributed by atoms with Gasteiger partial charge in [-0.05, 0) is 41.1 Å². The van der Waals surface area contributed by atoms with Gasteiger partial charge in [-0.25, -0.2) is 4.98 Å². The van der Waals surface area contributed by atoms with Crippen LogP contribution in [-0.2, 0) is 6.42 Å². The van der Waals surface area contributed by atoms with Crippen molar-refractivity contribution in [3.8, 4) is 11.4 Å². The minimum absolute atomic E-state index is 0.0737. The molecule has 0 saturated carbocycles. The molecule has 3 nitrogen and oxygen atoms in total. The van der Waals surface area contributed by atoms with Gasteiger partial charge in [0, 0.05) is 10.0 Å². The zero-order chi connectivity index (χ0) is 12.4. The SMILES string of the molecule is CCc1nc(-c2ccc(Br)cc2)[nH]c(=O)c1I. The minimum atomic E-state index is -0.0737. The molecule has 0 atom stereocenters. The molecule has 0 spiro atoms. The largest absolute Gasteiger partial charge is 0.306 e. The fraction of sp³-hybridized carbons (Fsp3) is 0.167. The number of aryl methyl sites for hydroxylation is 1. The Morgan fingerprint density at radius 2 is 2.00 bits per heavy atom. The molecule has 0 aliphatic carbocycles. The van der Waals surface area contributed by atoms with Crippen LogP contribution < -0.4 is 5.56 Å². The van der Waals surface area contributed by atoms with Gasteiger partial charge in [-0.1, -0.05) is 35.0 Å². The second kappa shape index (κ2) is 5.30. The van der Waals surface area contributed by atoms with Gasteiger partial charge in [-0.3, -0.25) is 4.79 Å². The van der Waals surface area contributed by atoms with Crippen molar-refractivity contribution >= 4 is 38.5 Å². The first-order chi connectivity index (χ1) is 8.11. The van der Waals surface area contributed by atoms with Gasteiger partial charge in [0.25, 0.3) is 5.56 Å². The summed E-state index contributed by atoms with van der Waals surface area (Å²) in [7, 11) is 0. The van der Waals surface area contributed by atoms with E-state index in [2.05, 4.69) is 25.9 Å². The summed E-state index contributed by atoms with van der Waals surface area (Å²) in [4.78, 5) is 19.0. The molecule has 0 unspecified atom stereocenters. The van der Waals surface area contributed by atoms with Gasteiger partial charge < -0.3 is 4.98 Å². The molecule has 88 valence electrons. The number of hydrogen-bond acceptors (Lipinski definition) is 2. The van der Waals surface area contributed by atoms with Crippen LogP contribution in [0.25, 0.3) is 11.4 Å². The highest BCUT2D eigenvalue weighted by molar-refractivity contribution is 14.1. The Bertz CT molecular complexity index is 592. The third-order valence-corrected chi connectivity index (χ3v) is 4.03. The van der Waals surface area contributed by atoms with Crippen LogP contribution in [0.1, 0.15) is 12.6 Å². The minimum Gasteiger partial charge on any atom is -0.306 e. The molecule has 0 radical (unpaired) electrons. The normalized spacial score (nSPS) is 10.5. The number of aromatic nitrogens is 2. The molecule has 1 N–H and O–H groups in total. The highest BCUT2D eigenvalue weighted by Gasteiger charge is 2.08. The molecular weight excluding hydrogens is 395 g/mol. The van der Waals surface area contributed by atoms with Crippen LogP contribution in [0.15, 0.2) is 33.5 Å². The number of rotatable bonds is 2. The Morgan fingerprint density at radius 1 is 1.35 bits per heavy atom. The second-order valence-electron chi connectivity index (χ2n) is 3.54. The Balaban J connectivity index is 2.56. The fourth-order valence-corrected chi connectivity index (χ4v) is 2.39. The standard InChI is InChI=1S/C12H10BrIN2O/c1-2-9-10(14)12(17)16-11(15-9)7-3-5-8(13)6-4-7/h3-6H,2H2,1H3,(H,15,16,17). The van der Waals surface area contributed by atoms with E-state index in [1.54, 1.807) is 0 Å². The van der Waals surface area contributed by atoms with E-state index in [9.17, 15) is 4.79 Å². The highest BCUT2D eigenvalue weighted by atomic mass is 127. The summed E-state index contributed by atoms with van der Waals surface area (Å²) in [6, 6.07) is 7.71. The van der Waals surface area contributed by atoms with E-state index in [0.29, 0.717) is 9.39 Å². The Kier molecular flexibility index (Phi) is 3.98. The molecule has 0 saturated heterocycles. The smallest absolute Gasteiger partial charge is 0.264 e. The van der Waals surface area contributed by atoms with E-state index >= 15 is 0 Å². The van der Waals surface area contributed by atoms with Crippen molar-refractivity contribution in [2.45, 2.75) is 13.3 Å². The number of hydrogen-bond donors (Lipinski definition) is 1. The fourth-order valence-electron chi connectivity index (χ4n) is 1.48. The zero-order valence-electron chi connectivity index (χ0n) is 9.13. The lowest BCUT2D eigenvalue weighted by molar-refractivity contribution is 0.968. The molecule has 5 heteroatoms. The molecule has 0 amide bonds. The molecule has 2 aromatic rings. The summed E-state index contributed by atoms with van der Waals surface area (Å²) in [5.74, 6) is 0.625. The molecule has 1 heterocycles. The summed E-state index contributed by atoms with van der Waals surface area (Å²) in [6.45, 7) is 2.00. The number of nitrogens with zero attached hydrogens (tertiary/aromatic N) is 1. The van der Waals surface area contributed by atoms with Gasteiger partial charge in [-0.15, -0.1) is 0 Å². The van der Waals surface area contributed by atoms with Crippen molar-refractivity contribution < 1.29 is 0 Å². The number of H-pyrrole nitrogens is 1. The van der Waals surface area contributed by atoms with E-state index in [1.165, 1.54) is 0 Å². The van der Waals surface area contributed by atoms with Crippen LogP contribution in [0.5, 0.6) is 0 Å². The maximum absolute atomic E-state index is 11.7. The van der Waals surface area contributed by atoms with Crippen LogP contribution >= 0.6 is 38.5 Å². The lowest BCUT2D eigenvalue weighted by atomic mass is 10.2. The van der Waals surface area contributed by atoms with Crippen LogP contribution in [0.3, 0.4) is 0 Å². The molecule has 1 aromatic carbocycles. The molecule has 1 aromatic heterocycles. The predicted molar refractivity (Wildman–Crippen MR) is 80.1 cm³/mol. The van der Waals surface area contributed by atoms with Crippen LogP contribution in [-0.4, -0.2) is 9.97 Å². The van der Waals surface area contributed by atoms with Gasteiger partial charge in [0.2, 0.25) is 0 Å². The maximum atomic E-state index is 11.7. The summed E-state index contributed by atoms with van der Waals surface area (Å²) in [5.41, 5.74) is 1.68. The van der Waals surface area contributed by atoms with Crippen molar-refractivity contribution in [3.05, 3.63) is 48.4 Å². The van der Waals surface area contributed by atoms with Crippen molar-refractivity contribution in [2.75, 3.05) is 0 Å². The van der Waals surface area contributed by atoms with Gasteiger partial charge >= 0.3 is 0 Å². The molecular formula is C12H10BrIN2O. The monoisotopic (exact) mass is 404 g/mol. The van der Waals surface area contributed by atoms with Gasteiger partial charge in [0.1, 0.15) is 5.82 Å². The van der Waals surface area contributed by atoms with Gasteiger partial charge in [0.15, 0.2) is 0 Å². The van der Waals surface area contributed by atoms with Crippen molar-refractivity contribution in [3.63, 3.8) is 0 Å². The first-order valence-corrected chi connectivity index (χ1v) is 7.03. The summed E-state index contributed by atoms with van der Waals surface area (Å²) < 4.78 is 1.68. The zero-order valence-corrected chi connectivity index (χ0v) is 12.9. The topological polar surface area (TPSA) is 45.8 Å². The third-order valence-electron chi connectivity index (χ3n) is 2.38. The summed E-state index contributed by atoms with van der Waals surface area (Å²) >= 11 is 5.41. The third kappa shape index (κ3) is 2.77. The first-order valence-electron chi connectivity index (χ1n) is 5.16. The Labute approximate surface area is 121 Å². The summed E-state index contributed by atoms with van der Waals surface area (Å²) in [6.07, 6.45) is 0.756. The maximum Gasteiger partial charge on any atom is 0.264 e. The van der Waals surface area contributed by atoms with Crippen LogP contribution in [0.4, 0.5) is 0 Å². The van der Waals surface area contributed by atoms with E-state index in [4.69, 9.17) is 0 Å². The van der Waals surface area contributed by atoms with Crippen molar-refractivity contribution in [2.24, 2.45) is 0 Å². The average Bonchev–Trinajstić information content (AvgIpc) is 2.33. The van der Waals surface area contributed by atoms with Crippen LogP contribution in [0, 0.1) is 3.57 Å². The second-order valence-corrected chi connectivity index (χ2v) is 5.53. The Hall–Kier alpha value is -0.690. The summed E-state index contributed by atoms with van der Waals surface area (Å²) in [5, 5.41) is 0. The van der Waals surface area contributed by atoms with E-state index in [-0.39, 0.29) is 5.56 Å². The Morgan fingerprint density at radius 3 is 2.59 bits per heavy atom. The molecule has 0 fully saturated rings. The quantitative estimate of drug-likeness (QED) is 0.780. The highest BCUT2D eigenvalue weighted by Crippen LogP contribution is 2.18. The lowest BCUT2D eigenvalue weighted by Gasteiger charge is -2.05. The van der Waals surface area contributed by atoms with Gasteiger partial charge in [0.05, 0.1) is 9.26 Å². The van der Waals surface area contributed by atoms with E-state index in [0.717, 1.165) is 22.2 Å². The lowest BCUT2D eigenvalue weighted by Crippen LogP contribution is -2.15. The molecule has 0 aliphatic heterocycles. The van der Waals surface area contributed by atoms with Crippen molar-refractivity contribution in [1.29, 1.82) is 0 Å².